The van der Waals surface area contributed by atoms with Crippen LogP contribution in [-0.4, -0.2) is 14.7 Å². The molecule has 1 aromatic heterocycles. The Morgan fingerprint density at radius 1 is 1.26 bits per heavy atom. The molecule has 1 atom stereocenters. The normalized spacial score (nSPS) is 11.6. The van der Waals surface area contributed by atoms with Gasteiger partial charge in [0, 0.05) is 0 Å². The first-order valence-electron chi connectivity index (χ1n) is 5.75. The van der Waals surface area contributed by atoms with Gasteiger partial charge in [0.25, 0.3) is 0 Å². The van der Waals surface area contributed by atoms with Gasteiger partial charge in [-0.15, -0.1) is 0 Å². The molecule has 2 rings (SSSR count). The fraction of sp³-hybridized carbons (Fsp3) is 0.214. The molecule has 0 saturated heterocycles. The number of rotatable bonds is 3. The van der Waals surface area contributed by atoms with Gasteiger partial charge in [-0.3, -0.25) is 0 Å². The molecular weight excluding hydrogens is 240 g/mol. The van der Waals surface area contributed by atoms with Gasteiger partial charge in [0.1, 0.15) is 12.1 Å². The van der Waals surface area contributed by atoms with Crippen LogP contribution in [0.1, 0.15) is 28.6 Å². The molecule has 0 spiro atoms. The summed E-state index contributed by atoms with van der Waals surface area (Å²) in [7, 11) is 0. The van der Waals surface area contributed by atoms with E-state index in [4.69, 9.17) is 10.5 Å². The second kappa shape index (κ2) is 5.34. The topological polar surface area (TPSA) is 85.6 Å². The highest BCUT2D eigenvalue weighted by molar-refractivity contribution is 5.36. The Bertz CT molecular complexity index is 658. The molecule has 0 fully saturated rings. The summed E-state index contributed by atoms with van der Waals surface area (Å²) >= 11 is 0. The van der Waals surface area contributed by atoms with E-state index < -0.39 is 6.10 Å². The van der Waals surface area contributed by atoms with E-state index >= 15 is 0 Å². The number of imidazole rings is 1. The van der Waals surface area contributed by atoms with Crippen molar-refractivity contribution in [3.63, 3.8) is 0 Å². The molecule has 0 bridgehead atoms. The van der Waals surface area contributed by atoms with Crippen LogP contribution in [0.2, 0.25) is 0 Å². The Hall–Kier alpha value is -2.63. The lowest BCUT2D eigenvalue weighted by Crippen LogP contribution is -2.09. The maximum Gasteiger partial charge on any atom is 0.176 e. The van der Waals surface area contributed by atoms with Gasteiger partial charge < -0.3 is 9.67 Å². The molecule has 0 aliphatic rings. The van der Waals surface area contributed by atoms with Gasteiger partial charge in [-0.05, 0) is 12.5 Å². The lowest BCUT2D eigenvalue weighted by atomic mass is 10.1. The number of nitrogens with zero attached hydrogens (tertiary/aromatic N) is 4. The maximum absolute atomic E-state index is 10.1. The average molecular weight is 252 g/mol. The summed E-state index contributed by atoms with van der Waals surface area (Å²) in [5.74, 6) is 0. The number of aromatic nitrogens is 2. The highest BCUT2D eigenvalue weighted by Crippen LogP contribution is 2.17. The number of hydrogen-bond donors (Lipinski definition) is 1. The predicted octanol–water partition coefficient (Wildman–Crippen LogP) is 1.67. The standard InChI is InChI=1S/C14H12N4O/c1-10-2-4-11(5-3-10)14(19)8-18-9-17-12(6-15)13(18)7-16/h2-5,9,14,19H,8H2,1H3. The average Bonchev–Trinajstić information content (AvgIpc) is 2.81. The molecule has 1 unspecified atom stereocenters. The van der Waals surface area contributed by atoms with Crippen molar-refractivity contribution in [3.8, 4) is 12.1 Å². The lowest BCUT2D eigenvalue weighted by Gasteiger charge is -2.12. The number of aliphatic hydroxyl groups is 1. The monoisotopic (exact) mass is 252 g/mol. The van der Waals surface area contributed by atoms with Crippen LogP contribution in [-0.2, 0) is 6.54 Å². The predicted molar refractivity (Wildman–Crippen MR) is 67.8 cm³/mol. The Kier molecular flexibility index (Phi) is 3.61. The maximum atomic E-state index is 10.1. The van der Waals surface area contributed by atoms with Crippen LogP contribution in [0.4, 0.5) is 0 Å². The van der Waals surface area contributed by atoms with Crippen molar-refractivity contribution in [2.75, 3.05) is 0 Å². The van der Waals surface area contributed by atoms with E-state index in [1.165, 1.54) is 10.9 Å². The molecule has 5 heteroatoms. The van der Waals surface area contributed by atoms with Crippen molar-refractivity contribution in [1.29, 1.82) is 10.5 Å². The van der Waals surface area contributed by atoms with Gasteiger partial charge in [-0.1, -0.05) is 29.8 Å². The summed E-state index contributed by atoms with van der Waals surface area (Å²) in [5, 5.41) is 27.9. The van der Waals surface area contributed by atoms with Gasteiger partial charge in [0.2, 0.25) is 0 Å². The van der Waals surface area contributed by atoms with Gasteiger partial charge in [0.15, 0.2) is 11.4 Å². The Morgan fingerprint density at radius 3 is 2.53 bits per heavy atom. The first-order chi connectivity index (χ1) is 9.15. The zero-order valence-corrected chi connectivity index (χ0v) is 10.4. The minimum absolute atomic E-state index is 0.0820. The van der Waals surface area contributed by atoms with E-state index in [2.05, 4.69) is 4.98 Å². The van der Waals surface area contributed by atoms with Crippen LogP contribution in [0, 0.1) is 29.6 Å². The quantitative estimate of drug-likeness (QED) is 0.900. The van der Waals surface area contributed by atoms with Crippen molar-refractivity contribution in [1.82, 2.24) is 9.55 Å². The number of aliphatic hydroxyl groups excluding tert-OH is 1. The molecule has 2 aromatic rings. The SMILES string of the molecule is Cc1ccc(C(O)Cn2cnc(C#N)c2C#N)cc1. The van der Waals surface area contributed by atoms with Crippen molar-refractivity contribution in [2.24, 2.45) is 0 Å². The second-order valence-corrected chi connectivity index (χ2v) is 4.24. The van der Waals surface area contributed by atoms with Crippen LogP contribution >= 0.6 is 0 Å². The van der Waals surface area contributed by atoms with E-state index in [0.717, 1.165) is 11.1 Å². The summed E-state index contributed by atoms with van der Waals surface area (Å²) < 4.78 is 1.49. The lowest BCUT2D eigenvalue weighted by molar-refractivity contribution is 0.156. The third-order valence-corrected chi connectivity index (χ3v) is 2.88. The summed E-state index contributed by atoms with van der Waals surface area (Å²) in [5.41, 5.74) is 2.14. The molecule has 1 aromatic carbocycles. The largest absolute Gasteiger partial charge is 0.387 e. The van der Waals surface area contributed by atoms with Crippen LogP contribution in [0.15, 0.2) is 30.6 Å². The van der Waals surface area contributed by atoms with Crippen LogP contribution in [0.5, 0.6) is 0 Å². The smallest absolute Gasteiger partial charge is 0.176 e. The fourth-order valence-corrected chi connectivity index (χ4v) is 1.80. The molecule has 0 radical (unpaired) electrons. The molecule has 0 amide bonds. The Labute approximate surface area is 111 Å². The third-order valence-electron chi connectivity index (χ3n) is 2.88. The van der Waals surface area contributed by atoms with Crippen molar-refractivity contribution in [3.05, 3.63) is 53.1 Å². The van der Waals surface area contributed by atoms with Crippen molar-refractivity contribution < 1.29 is 5.11 Å². The number of hydrogen-bond acceptors (Lipinski definition) is 4. The van der Waals surface area contributed by atoms with E-state index in [1.807, 2.05) is 43.3 Å². The van der Waals surface area contributed by atoms with Crippen LogP contribution in [0.3, 0.4) is 0 Å². The Balaban J connectivity index is 2.22. The zero-order chi connectivity index (χ0) is 13.8. The van der Waals surface area contributed by atoms with Gasteiger partial charge in [-0.2, -0.15) is 10.5 Å². The highest BCUT2D eigenvalue weighted by Gasteiger charge is 2.14. The molecule has 1 heterocycles. The van der Waals surface area contributed by atoms with Gasteiger partial charge >= 0.3 is 0 Å². The van der Waals surface area contributed by atoms with Gasteiger partial charge in [-0.25, -0.2) is 4.98 Å². The number of nitriles is 2. The molecule has 0 aliphatic heterocycles. The molecule has 19 heavy (non-hydrogen) atoms. The van der Waals surface area contributed by atoms with Gasteiger partial charge in [0.05, 0.1) is 19.0 Å². The van der Waals surface area contributed by atoms with E-state index in [0.29, 0.717) is 0 Å². The minimum atomic E-state index is -0.742. The summed E-state index contributed by atoms with van der Waals surface area (Å²) in [6.07, 6.45) is 0.655. The summed E-state index contributed by atoms with van der Waals surface area (Å²) in [6.45, 7) is 2.17. The van der Waals surface area contributed by atoms with Crippen molar-refractivity contribution in [2.45, 2.75) is 19.6 Å². The van der Waals surface area contributed by atoms with Crippen LogP contribution in [0.25, 0.3) is 0 Å². The zero-order valence-electron chi connectivity index (χ0n) is 10.4. The van der Waals surface area contributed by atoms with E-state index in [1.54, 1.807) is 0 Å². The first-order valence-corrected chi connectivity index (χ1v) is 5.75. The van der Waals surface area contributed by atoms with E-state index in [-0.39, 0.29) is 17.9 Å². The first kappa shape index (κ1) is 12.8. The van der Waals surface area contributed by atoms with E-state index in [9.17, 15) is 5.11 Å². The molecule has 1 N–H and O–H groups in total. The molecular formula is C14H12N4O. The highest BCUT2D eigenvalue weighted by atomic mass is 16.3. The Morgan fingerprint density at radius 2 is 1.95 bits per heavy atom. The number of aryl methyl sites for hydroxylation is 1. The summed E-state index contributed by atoms with van der Waals surface area (Å²) in [6, 6.07) is 11.3. The molecule has 5 nitrogen and oxygen atoms in total. The summed E-state index contributed by atoms with van der Waals surface area (Å²) in [4.78, 5) is 3.83. The molecule has 0 saturated carbocycles. The van der Waals surface area contributed by atoms with Crippen LogP contribution < -0.4 is 0 Å². The number of benzene rings is 1. The fourth-order valence-electron chi connectivity index (χ4n) is 1.80. The molecule has 94 valence electrons. The third kappa shape index (κ3) is 2.62. The minimum Gasteiger partial charge on any atom is -0.387 e. The molecule has 0 aliphatic carbocycles. The van der Waals surface area contributed by atoms with Crippen molar-refractivity contribution >= 4 is 0 Å². The second-order valence-electron chi connectivity index (χ2n) is 4.24.